The van der Waals surface area contributed by atoms with Crippen LogP contribution >= 0.6 is 0 Å². The molecule has 84 valence electrons. The zero-order chi connectivity index (χ0) is 11.3. The topological polar surface area (TPSA) is 21.3 Å². The number of nitrogens with one attached hydrogen (secondary N) is 1. The Kier molecular flexibility index (Phi) is 4.63. The van der Waals surface area contributed by atoms with Gasteiger partial charge in [0, 0.05) is 25.4 Å². The molecule has 1 atom stereocenters. The first-order valence-electron chi connectivity index (χ1n) is 5.47. The molecule has 2 nitrogen and oxygen atoms in total. The SMILES string of the molecule is COCCC(C)Nc1cccc(C)c1C. The van der Waals surface area contributed by atoms with Crippen molar-refractivity contribution in [2.45, 2.75) is 33.2 Å². The van der Waals surface area contributed by atoms with Gasteiger partial charge in [-0.05, 0) is 44.4 Å². The number of anilines is 1. The second-order valence-corrected chi connectivity index (χ2v) is 4.07. The molecule has 2 heteroatoms. The van der Waals surface area contributed by atoms with Gasteiger partial charge >= 0.3 is 0 Å². The van der Waals surface area contributed by atoms with Crippen molar-refractivity contribution in [3.8, 4) is 0 Å². The van der Waals surface area contributed by atoms with Gasteiger partial charge in [-0.2, -0.15) is 0 Å². The van der Waals surface area contributed by atoms with Gasteiger partial charge in [0.25, 0.3) is 0 Å². The zero-order valence-corrected chi connectivity index (χ0v) is 10.1. The molecule has 0 bridgehead atoms. The van der Waals surface area contributed by atoms with Crippen molar-refractivity contribution in [3.63, 3.8) is 0 Å². The van der Waals surface area contributed by atoms with Crippen LogP contribution in [-0.4, -0.2) is 19.8 Å². The van der Waals surface area contributed by atoms with Crippen LogP contribution in [0.5, 0.6) is 0 Å². The van der Waals surface area contributed by atoms with Gasteiger partial charge in [-0.25, -0.2) is 0 Å². The molecule has 0 aromatic heterocycles. The van der Waals surface area contributed by atoms with E-state index in [2.05, 4.69) is 44.3 Å². The Morgan fingerprint density at radius 1 is 1.33 bits per heavy atom. The fourth-order valence-electron chi connectivity index (χ4n) is 1.54. The van der Waals surface area contributed by atoms with E-state index in [4.69, 9.17) is 4.74 Å². The zero-order valence-electron chi connectivity index (χ0n) is 10.1. The van der Waals surface area contributed by atoms with E-state index in [0.717, 1.165) is 13.0 Å². The molecule has 1 unspecified atom stereocenters. The Morgan fingerprint density at radius 2 is 2.07 bits per heavy atom. The van der Waals surface area contributed by atoms with Crippen LogP contribution in [0.3, 0.4) is 0 Å². The molecule has 0 fully saturated rings. The number of hydrogen-bond donors (Lipinski definition) is 1. The normalized spacial score (nSPS) is 12.5. The summed E-state index contributed by atoms with van der Waals surface area (Å²) >= 11 is 0. The first-order valence-corrected chi connectivity index (χ1v) is 5.47. The Hall–Kier alpha value is -1.02. The highest BCUT2D eigenvalue weighted by atomic mass is 16.5. The van der Waals surface area contributed by atoms with E-state index < -0.39 is 0 Å². The van der Waals surface area contributed by atoms with Crippen LogP contribution in [0.1, 0.15) is 24.5 Å². The summed E-state index contributed by atoms with van der Waals surface area (Å²) in [6.07, 6.45) is 1.03. The molecule has 0 saturated heterocycles. The number of aryl methyl sites for hydroxylation is 1. The third-order valence-corrected chi connectivity index (χ3v) is 2.76. The lowest BCUT2D eigenvalue weighted by Gasteiger charge is -2.17. The van der Waals surface area contributed by atoms with Gasteiger partial charge in [0.15, 0.2) is 0 Å². The van der Waals surface area contributed by atoms with Crippen LogP contribution in [0.4, 0.5) is 5.69 Å². The number of benzene rings is 1. The standard InChI is InChI=1S/C13H21NO/c1-10-6-5-7-13(12(10)3)14-11(2)8-9-15-4/h5-7,11,14H,8-9H2,1-4H3. The molecule has 1 N–H and O–H groups in total. The second kappa shape index (κ2) is 5.76. The van der Waals surface area contributed by atoms with Gasteiger partial charge in [-0.1, -0.05) is 12.1 Å². The van der Waals surface area contributed by atoms with E-state index in [-0.39, 0.29) is 0 Å². The summed E-state index contributed by atoms with van der Waals surface area (Å²) in [4.78, 5) is 0. The summed E-state index contributed by atoms with van der Waals surface area (Å²) in [5.41, 5.74) is 3.90. The van der Waals surface area contributed by atoms with Gasteiger partial charge in [0.1, 0.15) is 0 Å². The summed E-state index contributed by atoms with van der Waals surface area (Å²) in [5, 5.41) is 3.51. The molecule has 0 aliphatic heterocycles. The molecular weight excluding hydrogens is 186 g/mol. The average molecular weight is 207 g/mol. The molecule has 1 rings (SSSR count). The lowest BCUT2D eigenvalue weighted by molar-refractivity contribution is 0.191. The minimum atomic E-state index is 0.449. The predicted octanol–water partition coefficient (Wildman–Crippen LogP) is 3.14. The molecule has 0 heterocycles. The maximum atomic E-state index is 5.06. The first-order chi connectivity index (χ1) is 7.15. The Labute approximate surface area is 92.6 Å². The molecule has 1 aromatic rings. The third-order valence-electron chi connectivity index (χ3n) is 2.76. The minimum absolute atomic E-state index is 0.449. The minimum Gasteiger partial charge on any atom is -0.385 e. The number of ether oxygens (including phenoxy) is 1. The number of methoxy groups -OCH3 is 1. The fourth-order valence-corrected chi connectivity index (χ4v) is 1.54. The van der Waals surface area contributed by atoms with E-state index in [1.54, 1.807) is 7.11 Å². The molecule has 0 saturated carbocycles. The first kappa shape index (κ1) is 12.1. The summed E-state index contributed by atoms with van der Waals surface area (Å²) in [6, 6.07) is 6.81. The molecule has 1 aromatic carbocycles. The van der Waals surface area contributed by atoms with Crippen LogP contribution < -0.4 is 5.32 Å². The highest BCUT2D eigenvalue weighted by Crippen LogP contribution is 2.19. The third kappa shape index (κ3) is 3.56. The second-order valence-electron chi connectivity index (χ2n) is 4.07. The Balaban J connectivity index is 2.60. The molecule has 15 heavy (non-hydrogen) atoms. The summed E-state index contributed by atoms with van der Waals surface area (Å²) in [6.45, 7) is 7.28. The van der Waals surface area contributed by atoms with Crippen molar-refractivity contribution in [2.24, 2.45) is 0 Å². The van der Waals surface area contributed by atoms with Gasteiger partial charge < -0.3 is 10.1 Å². The lowest BCUT2D eigenvalue weighted by Crippen LogP contribution is -2.17. The van der Waals surface area contributed by atoms with Crippen molar-refractivity contribution in [2.75, 3.05) is 19.0 Å². The highest BCUT2D eigenvalue weighted by molar-refractivity contribution is 5.54. The Morgan fingerprint density at radius 3 is 2.73 bits per heavy atom. The van der Waals surface area contributed by atoms with Crippen LogP contribution in [0.15, 0.2) is 18.2 Å². The average Bonchev–Trinajstić information content (AvgIpc) is 2.22. The molecule has 0 aliphatic carbocycles. The van der Waals surface area contributed by atoms with Gasteiger partial charge in [0.05, 0.1) is 0 Å². The molecular formula is C13H21NO. The maximum Gasteiger partial charge on any atom is 0.0481 e. The summed E-state index contributed by atoms with van der Waals surface area (Å²) in [5.74, 6) is 0. The van der Waals surface area contributed by atoms with E-state index in [0.29, 0.717) is 6.04 Å². The van der Waals surface area contributed by atoms with Crippen LogP contribution in [0.25, 0.3) is 0 Å². The number of rotatable bonds is 5. The summed E-state index contributed by atoms with van der Waals surface area (Å²) in [7, 11) is 1.74. The van der Waals surface area contributed by atoms with E-state index in [1.165, 1.54) is 16.8 Å². The van der Waals surface area contributed by atoms with E-state index in [9.17, 15) is 0 Å². The molecule has 0 spiro atoms. The maximum absolute atomic E-state index is 5.06. The van der Waals surface area contributed by atoms with E-state index >= 15 is 0 Å². The van der Waals surface area contributed by atoms with Crippen molar-refractivity contribution in [1.29, 1.82) is 0 Å². The van der Waals surface area contributed by atoms with Crippen molar-refractivity contribution < 1.29 is 4.74 Å². The van der Waals surface area contributed by atoms with Crippen molar-refractivity contribution >= 4 is 5.69 Å². The highest BCUT2D eigenvalue weighted by Gasteiger charge is 2.04. The lowest BCUT2D eigenvalue weighted by atomic mass is 10.1. The Bertz CT molecular complexity index is 309. The van der Waals surface area contributed by atoms with Crippen LogP contribution in [0.2, 0.25) is 0 Å². The van der Waals surface area contributed by atoms with Crippen LogP contribution in [0, 0.1) is 13.8 Å². The molecule has 0 aliphatic rings. The largest absolute Gasteiger partial charge is 0.385 e. The molecule has 0 radical (unpaired) electrons. The van der Waals surface area contributed by atoms with Crippen LogP contribution in [-0.2, 0) is 4.74 Å². The number of hydrogen-bond acceptors (Lipinski definition) is 2. The predicted molar refractivity (Wildman–Crippen MR) is 65.5 cm³/mol. The monoisotopic (exact) mass is 207 g/mol. The van der Waals surface area contributed by atoms with Gasteiger partial charge in [0.2, 0.25) is 0 Å². The van der Waals surface area contributed by atoms with Gasteiger partial charge in [-0.3, -0.25) is 0 Å². The van der Waals surface area contributed by atoms with Crippen molar-refractivity contribution in [1.82, 2.24) is 0 Å². The quantitative estimate of drug-likeness (QED) is 0.801. The molecule has 0 amide bonds. The van der Waals surface area contributed by atoms with Crippen molar-refractivity contribution in [3.05, 3.63) is 29.3 Å². The smallest absolute Gasteiger partial charge is 0.0481 e. The van der Waals surface area contributed by atoms with Gasteiger partial charge in [-0.15, -0.1) is 0 Å². The van der Waals surface area contributed by atoms with E-state index in [1.807, 2.05) is 0 Å². The summed E-state index contributed by atoms with van der Waals surface area (Å²) < 4.78 is 5.06. The fraction of sp³-hybridized carbons (Fsp3) is 0.538.